The van der Waals surface area contributed by atoms with Gasteiger partial charge in [0.1, 0.15) is 5.69 Å². The van der Waals surface area contributed by atoms with E-state index >= 15 is 0 Å². The fourth-order valence-electron chi connectivity index (χ4n) is 2.26. The Morgan fingerprint density at radius 1 is 1.08 bits per heavy atom. The number of carbonyl (C=O) groups is 3. The molecule has 0 saturated carbocycles. The normalized spacial score (nSPS) is 11.3. The van der Waals surface area contributed by atoms with E-state index in [-0.39, 0.29) is 18.1 Å². The summed E-state index contributed by atoms with van der Waals surface area (Å²) in [6.45, 7) is 4.98. The van der Waals surface area contributed by atoms with Gasteiger partial charge < -0.3 is 15.4 Å². The van der Waals surface area contributed by atoms with Gasteiger partial charge in [-0.2, -0.15) is 0 Å². The molecule has 0 saturated heterocycles. The van der Waals surface area contributed by atoms with Crippen LogP contribution in [0.2, 0.25) is 0 Å². The third-order valence-electron chi connectivity index (χ3n) is 3.70. The van der Waals surface area contributed by atoms with Gasteiger partial charge in [-0.25, -0.2) is 9.78 Å². The number of nitrogens with zero attached hydrogens (tertiary/aromatic N) is 1. The maximum atomic E-state index is 12.0. The number of hydrogen-bond acceptors (Lipinski definition) is 5. The first-order valence-corrected chi connectivity index (χ1v) is 8.14. The van der Waals surface area contributed by atoms with Gasteiger partial charge in [0.2, 0.25) is 5.91 Å². The van der Waals surface area contributed by atoms with Crippen molar-refractivity contribution in [3.63, 3.8) is 0 Å². The number of rotatable bonds is 6. The van der Waals surface area contributed by atoms with Gasteiger partial charge in [0, 0.05) is 11.9 Å². The number of benzene rings is 1. The van der Waals surface area contributed by atoms with Gasteiger partial charge in [-0.1, -0.05) is 24.3 Å². The van der Waals surface area contributed by atoms with Crippen molar-refractivity contribution in [3.05, 3.63) is 59.4 Å². The Morgan fingerprint density at radius 2 is 1.77 bits per heavy atom. The maximum absolute atomic E-state index is 12.0. The third-order valence-corrected chi connectivity index (χ3v) is 3.70. The van der Waals surface area contributed by atoms with Crippen LogP contribution in [0.3, 0.4) is 0 Å². The van der Waals surface area contributed by atoms with E-state index in [9.17, 15) is 14.4 Å². The van der Waals surface area contributed by atoms with Crippen LogP contribution in [0.5, 0.6) is 0 Å². The maximum Gasteiger partial charge on any atom is 0.357 e. The molecular formula is C19H21N3O4. The SMILES string of the molecule is Cc1cccc(C)c1NC(=O)CNC(=O)[C@@H](C)OC(=O)c1ccccn1. The van der Waals surface area contributed by atoms with Crippen LogP contribution >= 0.6 is 0 Å². The predicted octanol–water partition coefficient (Wildman–Crippen LogP) is 2.00. The van der Waals surface area contributed by atoms with Crippen LogP contribution in [0.25, 0.3) is 0 Å². The second kappa shape index (κ2) is 8.75. The van der Waals surface area contributed by atoms with Gasteiger partial charge in [-0.05, 0) is 44.0 Å². The molecule has 1 aromatic heterocycles. The molecule has 0 bridgehead atoms. The quantitative estimate of drug-likeness (QED) is 0.773. The summed E-state index contributed by atoms with van der Waals surface area (Å²) in [5.74, 6) is -1.63. The van der Waals surface area contributed by atoms with Crippen molar-refractivity contribution < 1.29 is 19.1 Å². The van der Waals surface area contributed by atoms with E-state index in [1.165, 1.54) is 19.2 Å². The van der Waals surface area contributed by atoms with Crippen molar-refractivity contribution in [2.75, 3.05) is 11.9 Å². The Hall–Kier alpha value is -3.22. The number of carbonyl (C=O) groups excluding carboxylic acids is 3. The number of esters is 1. The summed E-state index contributed by atoms with van der Waals surface area (Å²) in [6.07, 6.45) is 0.414. The van der Waals surface area contributed by atoms with E-state index in [0.717, 1.165) is 16.8 Å². The van der Waals surface area contributed by atoms with Crippen LogP contribution in [-0.4, -0.2) is 35.4 Å². The average Bonchev–Trinajstić information content (AvgIpc) is 2.63. The molecule has 7 nitrogen and oxygen atoms in total. The Morgan fingerprint density at radius 3 is 2.38 bits per heavy atom. The van der Waals surface area contributed by atoms with Crippen molar-refractivity contribution in [2.45, 2.75) is 26.9 Å². The lowest BCUT2D eigenvalue weighted by molar-refractivity contribution is -0.130. The van der Waals surface area contributed by atoms with Crippen molar-refractivity contribution in [3.8, 4) is 0 Å². The molecule has 26 heavy (non-hydrogen) atoms. The topological polar surface area (TPSA) is 97.4 Å². The molecule has 2 rings (SSSR count). The van der Waals surface area contributed by atoms with Crippen LogP contribution < -0.4 is 10.6 Å². The number of amides is 2. The van der Waals surface area contributed by atoms with Crippen LogP contribution in [0.4, 0.5) is 5.69 Å². The Bertz CT molecular complexity index is 785. The summed E-state index contributed by atoms with van der Waals surface area (Å²) in [5, 5.41) is 5.22. The fraction of sp³-hybridized carbons (Fsp3) is 0.263. The molecule has 136 valence electrons. The molecule has 0 aliphatic carbocycles. The molecular weight excluding hydrogens is 334 g/mol. The zero-order chi connectivity index (χ0) is 19.1. The number of nitrogens with one attached hydrogen (secondary N) is 2. The Kier molecular flexibility index (Phi) is 6.43. The standard InChI is InChI=1S/C19H21N3O4/c1-12-7-6-8-13(2)17(12)22-16(23)11-21-18(24)14(3)26-19(25)15-9-4-5-10-20-15/h4-10,14H,11H2,1-3H3,(H,21,24)(H,22,23)/t14-/m1/s1. The summed E-state index contributed by atoms with van der Waals surface area (Å²) in [7, 11) is 0. The molecule has 0 spiro atoms. The molecule has 2 amide bonds. The highest BCUT2D eigenvalue weighted by Gasteiger charge is 2.20. The summed E-state index contributed by atoms with van der Waals surface area (Å²) >= 11 is 0. The summed E-state index contributed by atoms with van der Waals surface area (Å²) < 4.78 is 5.04. The highest BCUT2D eigenvalue weighted by molar-refractivity contribution is 5.96. The van der Waals surface area contributed by atoms with E-state index in [0.29, 0.717) is 0 Å². The molecule has 0 radical (unpaired) electrons. The van der Waals surface area contributed by atoms with Gasteiger partial charge in [0.15, 0.2) is 6.10 Å². The second-order valence-corrected chi connectivity index (χ2v) is 5.80. The fourth-order valence-corrected chi connectivity index (χ4v) is 2.26. The molecule has 7 heteroatoms. The van der Waals surface area contributed by atoms with Gasteiger partial charge in [-0.15, -0.1) is 0 Å². The molecule has 1 aromatic carbocycles. The van der Waals surface area contributed by atoms with Gasteiger partial charge in [-0.3, -0.25) is 9.59 Å². The highest BCUT2D eigenvalue weighted by Crippen LogP contribution is 2.18. The second-order valence-electron chi connectivity index (χ2n) is 5.80. The average molecular weight is 355 g/mol. The first-order chi connectivity index (χ1) is 12.4. The molecule has 1 heterocycles. The third kappa shape index (κ3) is 5.14. The van der Waals surface area contributed by atoms with Crippen molar-refractivity contribution in [2.24, 2.45) is 0 Å². The number of hydrogen-bond donors (Lipinski definition) is 2. The van der Waals surface area contributed by atoms with Gasteiger partial charge in [0.05, 0.1) is 6.54 Å². The number of aromatic nitrogens is 1. The van der Waals surface area contributed by atoms with Gasteiger partial charge in [0.25, 0.3) is 5.91 Å². The molecule has 0 fully saturated rings. The first-order valence-electron chi connectivity index (χ1n) is 8.14. The van der Waals surface area contributed by atoms with Crippen LogP contribution in [-0.2, 0) is 14.3 Å². The van der Waals surface area contributed by atoms with E-state index in [1.54, 1.807) is 12.1 Å². The zero-order valence-corrected chi connectivity index (χ0v) is 14.9. The Balaban J connectivity index is 1.84. The number of para-hydroxylation sites is 1. The van der Waals surface area contributed by atoms with Crippen LogP contribution in [0.15, 0.2) is 42.6 Å². The first kappa shape index (κ1) is 19.1. The lowest BCUT2D eigenvalue weighted by Crippen LogP contribution is -2.40. The predicted molar refractivity (Wildman–Crippen MR) is 96.7 cm³/mol. The van der Waals surface area contributed by atoms with Crippen molar-refractivity contribution in [1.29, 1.82) is 0 Å². The summed E-state index contributed by atoms with van der Waals surface area (Å²) in [5.41, 5.74) is 2.70. The van der Waals surface area contributed by atoms with E-state index in [1.807, 2.05) is 32.0 Å². The number of aryl methyl sites for hydroxylation is 2. The molecule has 2 N–H and O–H groups in total. The largest absolute Gasteiger partial charge is 0.448 e. The minimum atomic E-state index is -1.04. The molecule has 0 aliphatic heterocycles. The molecule has 1 atom stereocenters. The van der Waals surface area contributed by atoms with E-state index < -0.39 is 18.0 Å². The van der Waals surface area contributed by atoms with Gasteiger partial charge >= 0.3 is 5.97 Å². The minimum Gasteiger partial charge on any atom is -0.448 e. The van der Waals surface area contributed by atoms with Crippen molar-refractivity contribution >= 4 is 23.5 Å². The number of pyridine rings is 1. The molecule has 0 aliphatic rings. The van der Waals surface area contributed by atoms with E-state index in [4.69, 9.17) is 4.74 Å². The van der Waals surface area contributed by atoms with Crippen LogP contribution in [0.1, 0.15) is 28.5 Å². The monoisotopic (exact) mass is 355 g/mol. The highest BCUT2D eigenvalue weighted by atomic mass is 16.5. The molecule has 0 unspecified atom stereocenters. The number of anilines is 1. The van der Waals surface area contributed by atoms with E-state index in [2.05, 4.69) is 15.6 Å². The van der Waals surface area contributed by atoms with Crippen LogP contribution in [0, 0.1) is 13.8 Å². The smallest absolute Gasteiger partial charge is 0.357 e. The molecule has 2 aromatic rings. The zero-order valence-electron chi connectivity index (χ0n) is 14.9. The summed E-state index contributed by atoms with van der Waals surface area (Å²) in [6, 6.07) is 10.5. The lowest BCUT2D eigenvalue weighted by Gasteiger charge is -2.14. The number of ether oxygens (including phenoxy) is 1. The Labute approximate surface area is 151 Å². The lowest BCUT2D eigenvalue weighted by atomic mass is 10.1. The summed E-state index contributed by atoms with van der Waals surface area (Å²) in [4.78, 5) is 39.8. The minimum absolute atomic E-state index is 0.111. The van der Waals surface area contributed by atoms with Crippen molar-refractivity contribution in [1.82, 2.24) is 10.3 Å².